The molecule has 0 fully saturated rings. The Kier molecular flexibility index (Phi) is 2.42. The molecule has 32 valence electrons. The summed E-state index contributed by atoms with van der Waals surface area (Å²) in [4.78, 5) is -2.49. The topological polar surface area (TPSA) is 0 Å². The van der Waals surface area contributed by atoms with Crippen molar-refractivity contribution in [2.45, 2.75) is 0 Å². The van der Waals surface area contributed by atoms with Crippen LogP contribution in [0.4, 0.5) is 4.20 Å². The molecular weight excluding hydrogens is 221 g/mol. The van der Waals surface area contributed by atoms with Gasteiger partial charge in [-0.15, -0.1) is 0 Å². The zero-order valence-electron chi connectivity index (χ0n) is 2.63. The maximum atomic E-state index is 11.7. The normalized spacial score (nSPS) is 15.0. The second kappa shape index (κ2) is 1.90. The molecule has 0 saturated carbocycles. The molecule has 0 aliphatic heterocycles. The van der Waals surface area contributed by atoms with Crippen LogP contribution in [0.25, 0.3) is 0 Å². The van der Waals surface area contributed by atoms with Crippen molar-refractivity contribution >= 4 is 43.4 Å². The van der Waals surface area contributed by atoms with Crippen molar-refractivity contribution in [3.05, 3.63) is 0 Å². The first-order chi connectivity index (χ1) is 2.00. The van der Waals surface area contributed by atoms with E-state index in [0.29, 0.717) is 0 Å². The van der Waals surface area contributed by atoms with Crippen LogP contribution in [0.2, 0.25) is 0 Å². The summed E-state index contributed by atoms with van der Waals surface area (Å²) in [6, 6.07) is 0. The van der Waals surface area contributed by atoms with Gasteiger partial charge in [-0.2, -0.15) is 0 Å². The minimum absolute atomic E-state index is 1.49. The summed E-state index contributed by atoms with van der Waals surface area (Å²) in [5.41, 5.74) is 0. The van der Waals surface area contributed by atoms with E-state index >= 15 is 0 Å². The van der Waals surface area contributed by atoms with Crippen molar-refractivity contribution in [1.29, 1.82) is 0 Å². The fourth-order valence-electron chi connectivity index (χ4n) is 0. The van der Waals surface area contributed by atoms with Gasteiger partial charge in [0, 0.05) is 0 Å². The summed E-state index contributed by atoms with van der Waals surface area (Å²) in [6.45, 7) is 0. The summed E-state index contributed by atoms with van der Waals surface area (Å²) in [6.07, 6.45) is 0. The van der Waals surface area contributed by atoms with E-state index in [1.807, 2.05) is 0 Å². The Bertz CT molecular complexity index is 25.1. The molecule has 0 radical (unpaired) electrons. The van der Waals surface area contributed by atoms with Gasteiger partial charge in [-0.25, -0.2) is 0 Å². The molecule has 0 saturated heterocycles. The molecule has 0 heterocycles. The third kappa shape index (κ3) is 32.2. The van der Waals surface area contributed by atoms with Crippen LogP contribution in [0.15, 0.2) is 0 Å². The van der Waals surface area contributed by atoms with Crippen LogP contribution in [-0.4, -0.2) is 7.57 Å². The number of hydrogen-bond donors (Lipinski definition) is 0. The molecule has 0 amide bonds. The van der Waals surface area contributed by atoms with E-state index in [0.717, 1.165) is 0 Å². The zero-order chi connectivity index (χ0) is 4.50. The molecule has 0 unspecified atom stereocenters. The van der Waals surface area contributed by atoms with Crippen LogP contribution in [0.3, 0.4) is 0 Å². The molecule has 5 heavy (non-hydrogen) atoms. The fourth-order valence-corrected chi connectivity index (χ4v) is 0. The van der Waals surface area contributed by atoms with E-state index in [2.05, 4.69) is 31.0 Å². The Labute approximate surface area is 47.8 Å². The number of hydrogen-bond acceptors (Lipinski definition) is 0. The predicted molar refractivity (Wildman–Crippen MR) is 35.8 cm³/mol. The summed E-state index contributed by atoms with van der Waals surface area (Å²) >= 11 is 5.53. The molecule has 0 atom stereocenters. The van der Waals surface area contributed by atoms with Gasteiger partial charge in [-0.1, -0.05) is 0 Å². The fraction of sp³-hybridized carbons (Fsp3) is 0. The molecule has 0 aromatic rings. The quantitative estimate of drug-likeness (QED) is 0.434. The monoisotopic (exact) mass is 222 g/mol. The van der Waals surface area contributed by atoms with Crippen molar-refractivity contribution < 1.29 is 4.20 Å². The molecule has 0 aromatic carbocycles. The first kappa shape index (κ1) is 6.38. The van der Waals surface area contributed by atoms with Crippen LogP contribution in [-0.2, 0) is 0 Å². The predicted octanol–water partition coefficient (Wildman–Crippen LogP) is 1.79. The van der Waals surface area contributed by atoms with Gasteiger partial charge in [0.1, 0.15) is 0 Å². The third-order valence-electron chi connectivity index (χ3n) is 0. The average Bonchev–Trinajstić information content (AvgIpc) is 0.722. The Hall–Kier alpha value is 1.38. The minimum atomic E-state index is -2.49. The Morgan fingerprint density at radius 3 is 1.60 bits per heavy atom. The Balaban J connectivity index is 3.02. The van der Waals surface area contributed by atoms with Gasteiger partial charge in [-0.05, 0) is 0 Å². The first-order valence-corrected chi connectivity index (χ1v) is 7.96. The van der Waals surface area contributed by atoms with Crippen LogP contribution in [0, 0.1) is 0 Å². The van der Waals surface area contributed by atoms with Gasteiger partial charge < -0.3 is 0 Å². The van der Waals surface area contributed by atoms with Crippen molar-refractivity contribution in [1.82, 2.24) is 0 Å². The van der Waals surface area contributed by atoms with Gasteiger partial charge in [0.25, 0.3) is 0 Å². The van der Waals surface area contributed by atoms with E-state index in [4.69, 9.17) is 0 Å². The molecule has 0 nitrogen and oxygen atoms in total. The van der Waals surface area contributed by atoms with Crippen LogP contribution in [0.1, 0.15) is 0 Å². The number of halogens is 3. The number of rotatable bonds is 0. The Morgan fingerprint density at radius 2 is 1.60 bits per heavy atom. The maximum absolute atomic E-state index is 11.7. The zero-order valence-corrected chi connectivity index (χ0v) is 6.81. The van der Waals surface area contributed by atoms with Crippen LogP contribution in [0.5, 0.6) is 0 Å². The van der Waals surface area contributed by atoms with Crippen molar-refractivity contribution in [2.24, 2.45) is 0 Å². The Morgan fingerprint density at radius 1 is 1.60 bits per heavy atom. The van der Waals surface area contributed by atoms with Gasteiger partial charge in [0.2, 0.25) is 0 Å². The van der Waals surface area contributed by atoms with E-state index in [1.54, 1.807) is 0 Å². The van der Waals surface area contributed by atoms with E-state index < -0.39 is 4.86 Å². The molecule has 0 spiro atoms. The van der Waals surface area contributed by atoms with Crippen molar-refractivity contribution in [3.8, 4) is 0 Å². The summed E-state index contributed by atoms with van der Waals surface area (Å²) < 4.78 is 11.7. The van der Waals surface area contributed by atoms with Crippen LogP contribution >= 0.6 is 35.8 Å². The molecule has 5 heteroatoms. The summed E-state index contributed by atoms with van der Waals surface area (Å²) in [5.74, 6) is 0. The molecule has 0 aliphatic carbocycles. The van der Waals surface area contributed by atoms with Gasteiger partial charge in [0.15, 0.2) is 0 Å². The van der Waals surface area contributed by atoms with Crippen LogP contribution < -0.4 is 0 Å². The second-order valence-electron chi connectivity index (χ2n) is 0.781. The van der Waals surface area contributed by atoms with Gasteiger partial charge in [-0.3, -0.25) is 0 Å². The van der Waals surface area contributed by atoms with Gasteiger partial charge in [0.05, 0.1) is 0 Å². The van der Waals surface area contributed by atoms with Crippen molar-refractivity contribution in [2.75, 3.05) is 0 Å². The van der Waals surface area contributed by atoms with Gasteiger partial charge >= 0.3 is 47.6 Å². The SMILES string of the molecule is B[PH](F)(Br)Br. The van der Waals surface area contributed by atoms with Crippen molar-refractivity contribution in [3.63, 3.8) is 0 Å². The first-order valence-electron chi connectivity index (χ1n) is 1.07. The molecular formula is H3BBr2FP. The summed E-state index contributed by atoms with van der Waals surface area (Å²) in [5, 5.41) is 0. The van der Waals surface area contributed by atoms with E-state index in [1.165, 1.54) is 7.57 Å². The average molecular weight is 224 g/mol. The molecule has 0 rings (SSSR count). The second-order valence-corrected chi connectivity index (χ2v) is 14.5. The molecule has 0 N–H and O–H groups in total. The molecule has 0 aliphatic rings. The summed E-state index contributed by atoms with van der Waals surface area (Å²) in [7, 11) is 1.49. The van der Waals surface area contributed by atoms with E-state index in [-0.39, 0.29) is 0 Å². The standard InChI is InChI=1S/BBr2FH3P/c1-5(2,3)4/h5H,1H2. The third-order valence-corrected chi connectivity index (χ3v) is 0. The molecule has 0 bridgehead atoms. The molecule has 0 aromatic heterocycles. The van der Waals surface area contributed by atoms with E-state index in [9.17, 15) is 4.20 Å².